The minimum atomic E-state index is -3.39. The average Bonchev–Trinajstić information content (AvgIpc) is 2.37. The van der Waals surface area contributed by atoms with E-state index in [0.29, 0.717) is 19.6 Å². The van der Waals surface area contributed by atoms with Gasteiger partial charge in [-0.15, -0.1) is 0 Å². The summed E-state index contributed by atoms with van der Waals surface area (Å²) in [5.74, 6) is 0.719. The number of hydrogen-bond donors (Lipinski definition) is 1. The summed E-state index contributed by atoms with van der Waals surface area (Å²) < 4.78 is 34.5. The number of rotatable bonds is 5. The molecule has 0 aliphatic carbocycles. The Morgan fingerprint density at radius 1 is 1.14 bits per heavy atom. The van der Waals surface area contributed by atoms with E-state index >= 15 is 0 Å². The zero-order valence-corrected chi connectivity index (χ0v) is 14.2. The minimum Gasteiger partial charge on any atom is -0.373 e. The van der Waals surface area contributed by atoms with Crippen molar-refractivity contribution in [1.29, 1.82) is 0 Å². The molecule has 2 rings (SSSR count). The second-order valence-corrected chi connectivity index (χ2v) is 8.28. The summed E-state index contributed by atoms with van der Waals surface area (Å²) in [5, 5.41) is 0. The predicted octanol–water partition coefficient (Wildman–Crippen LogP) is 0.662. The van der Waals surface area contributed by atoms with Gasteiger partial charge in [0.2, 0.25) is 0 Å². The Kier molecular flexibility index (Phi) is 6.02. The molecule has 2 heterocycles. The molecule has 3 atom stereocenters. The summed E-state index contributed by atoms with van der Waals surface area (Å²) in [6, 6.07) is 0. The topological polar surface area (TPSA) is 61.9 Å². The first-order chi connectivity index (χ1) is 9.87. The molecule has 0 aromatic rings. The molecule has 0 unspecified atom stereocenters. The number of ether oxygens (including phenoxy) is 1. The fraction of sp³-hybridized carbons (Fsp3) is 1.00. The van der Waals surface area contributed by atoms with E-state index in [1.54, 1.807) is 0 Å². The summed E-state index contributed by atoms with van der Waals surface area (Å²) in [4.78, 5) is 2.35. The summed E-state index contributed by atoms with van der Waals surface area (Å²) in [6.45, 7) is 10.4. The van der Waals surface area contributed by atoms with E-state index in [9.17, 15) is 8.42 Å². The maximum Gasteiger partial charge on any atom is 0.279 e. The third-order valence-corrected chi connectivity index (χ3v) is 5.73. The molecule has 0 saturated carbocycles. The van der Waals surface area contributed by atoms with Gasteiger partial charge in [0.15, 0.2) is 0 Å². The first-order valence-corrected chi connectivity index (χ1v) is 9.43. The highest BCUT2D eigenvalue weighted by molar-refractivity contribution is 7.87. The van der Waals surface area contributed by atoms with Crippen molar-refractivity contribution in [3.05, 3.63) is 0 Å². The van der Waals surface area contributed by atoms with Crippen molar-refractivity contribution < 1.29 is 13.2 Å². The van der Waals surface area contributed by atoms with Crippen LogP contribution in [0.25, 0.3) is 0 Å². The molecular weight excluding hydrogens is 290 g/mol. The molecule has 0 aromatic carbocycles. The van der Waals surface area contributed by atoms with E-state index in [2.05, 4.69) is 16.5 Å². The lowest BCUT2D eigenvalue weighted by Crippen LogP contribution is -2.52. The lowest BCUT2D eigenvalue weighted by atomic mass is 10.0. The molecule has 2 saturated heterocycles. The molecule has 2 fully saturated rings. The highest BCUT2D eigenvalue weighted by Crippen LogP contribution is 2.15. The van der Waals surface area contributed by atoms with Crippen LogP contribution in [0.2, 0.25) is 0 Å². The molecule has 2 aliphatic rings. The molecular formula is C14H29N3O3S. The van der Waals surface area contributed by atoms with E-state index in [-0.39, 0.29) is 12.2 Å². The highest BCUT2D eigenvalue weighted by Gasteiger charge is 2.30. The van der Waals surface area contributed by atoms with Gasteiger partial charge in [-0.05, 0) is 39.2 Å². The highest BCUT2D eigenvalue weighted by atomic mass is 32.2. The summed E-state index contributed by atoms with van der Waals surface area (Å²) in [5.41, 5.74) is 0. The largest absolute Gasteiger partial charge is 0.373 e. The van der Waals surface area contributed by atoms with Crippen LogP contribution in [0.4, 0.5) is 0 Å². The van der Waals surface area contributed by atoms with Gasteiger partial charge in [-0.2, -0.15) is 12.7 Å². The Balaban J connectivity index is 1.78. The van der Waals surface area contributed by atoms with Gasteiger partial charge >= 0.3 is 0 Å². The SMILES string of the molecule is C[C@@H]1CCCN(CCNS(=O)(=O)N2C[C@@H](C)O[C@H](C)C2)C1. The number of morpholine rings is 1. The third-order valence-electron chi connectivity index (χ3n) is 4.18. The van der Waals surface area contributed by atoms with Gasteiger partial charge in [0.1, 0.15) is 0 Å². The van der Waals surface area contributed by atoms with Crippen LogP contribution in [0.1, 0.15) is 33.6 Å². The zero-order valence-electron chi connectivity index (χ0n) is 13.4. The Morgan fingerprint density at radius 3 is 2.43 bits per heavy atom. The first kappa shape index (κ1) is 17.1. The second-order valence-electron chi connectivity index (χ2n) is 6.52. The van der Waals surface area contributed by atoms with Crippen molar-refractivity contribution in [2.45, 2.75) is 45.8 Å². The molecule has 124 valence electrons. The Bertz CT molecular complexity index is 419. The van der Waals surface area contributed by atoms with Crippen molar-refractivity contribution in [2.24, 2.45) is 5.92 Å². The van der Waals surface area contributed by atoms with Crippen LogP contribution in [0.5, 0.6) is 0 Å². The van der Waals surface area contributed by atoms with Crippen LogP contribution in [0.15, 0.2) is 0 Å². The summed E-state index contributed by atoms with van der Waals surface area (Å²) in [6.07, 6.45) is 2.40. The standard InChI is InChI=1S/C14H29N3O3S/c1-12-5-4-7-16(9-12)8-6-15-21(18,19)17-10-13(2)20-14(3)11-17/h12-15H,4-11H2,1-3H3/t12-,13-,14-/m1/s1. The lowest BCUT2D eigenvalue weighted by molar-refractivity contribution is -0.0444. The number of hydrogen-bond acceptors (Lipinski definition) is 4. The molecule has 0 aromatic heterocycles. The van der Waals surface area contributed by atoms with Crippen molar-refractivity contribution in [3.63, 3.8) is 0 Å². The molecule has 0 bridgehead atoms. The Morgan fingerprint density at radius 2 is 1.81 bits per heavy atom. The van der Waals surface area contributed by atoms with Crippen LogP contribution in [0.3, 0.4) is 0 Å². The molecule has 0 spiro atoms. The van der Waals surface area contributed by atoms with Crippen LogP contribution >= 0.6 is 0 Å². The minimum absolute atomic E-state index is 0.0479. The average molecular weight is 319 g/mol. The number of nitrogens with zero attached hydrogens (tertiary/aromatic N) is 2. The second kappa shape index (κ2) is 7.37. The van der Waals surface area contributed by atoms with E-state index in [1.165, 1.54) is 17.1 Å². The van der Waals surface area contributed by atoms with Gasteiger partial charge in [0.05, 0.1) is 12.2 Å². The third kappa shape index (κ3) is 5.17. The number of likely N-dealkylation sites (tertiary alicyclic amines) is 1. The molecule has 21 heavy (non-hydrogen) atoms. The van der Waals surface area contributed by atoms with E-state index in [4.69, 9.17) is 4.74 Å². The van der Waals surface area contributed by atoms with E-state index in [1.807, 2.05) is 13.8 Å². The van der Waals surface area contributed by atoms with Crippen LogP contribution in [-0.2, 0) is 14.9 Å². The van der Waals surface area contributed by atoms with Gasteiger partial charge in [0.25, 0.3) is 10.2 Å². The van der Waals surface area contributed by atoms with Crippen LogP contribution < -0.4 is 4.72 Å². The van der Waals surface area contributed by atoms with Crippen molar-refractivity contribution in [2.75, 3.05) is 39.3 Å². The monoisotopic (exact) mass is 319 g/mol. The fourth-order valence-electron chi connectivity index (χ4n) is 3.24. The Hall–Kier alpha value is -0.210. The van der Waals surface area contributed by atoms with E-state index < -0.39 is 10.2 Å². The molecule has 2 aliphatic heterocycles. The lowest BCUT2D eigenvalue weighted by Gasteiger charge is -2.35. The maximum atomic E-state index is 12.3. The number of nitrogens with one attached hydrogen (secondary N) is 1. The van der Waals surface area contributed by atoms with Crippen molar-refractivity contribution in [1.82, 2.24) is 13.9 Å². The van der Waals surface area contributed by atoms with Crippen LogP contribution in [0, 0.1) is 5.92 Å². The van der Waals surface area contributed by atoms with Gasteiger partial charge in [-0.1, -0.05) is 6.92 Å². The molecule has 0 radical (unpaired) electrons. The fourth-order valence-corrected chi connectivity index (χ4v) is 4.58. The predicted molar refractivity (Wildman–Crippen MR) is 83.3 cm³/mol. The molecule has 0 amide bonds. The molecule has 1 N–H and O–H groups in total. The van der Waals surface area contributed by atoms with E-state index in [0.717, 1.165) is 25.6 Å². The Labute approximate surface area is 129 Å². The van der Waals surface area contributed by atoms with Crippen molar-refractivity contribution >= 4 is 10.2 Å². The molecule has 6 nitrogen and oxygen atoms in total. The van der Waals surface area contributed by atoms with Gasteiger partial charge < -0.3 is 9.64 Å². The van der Waals surface area contributed by atoms with Gasteiger partial charge in [-0.25, -0.2) is 4.72 Å². The van der Waals surface area contributed by atoms with Gasteiger partial charge in [-0.3, -0.25) is 0 Å². The molecule has 7 heteroatoms. The van der Waals surface area contributed by atoms with Gasteiger partial charge in [0, 0.05) is 32.7 Å². The first-order valence-electron chi connectivity index (χ1n) is 7.99. The van der Waals surface area contributed by atoms with Crippen molar-refractivity contribution in [3.8, 4) is 0 Å². The summed E-state index contributed by atoms with van der Waals surface area (Å²) >= 11 is 0. The zero-order chi connectivity index (χ0) is 15.5. The normalized spacial score (nSPS) is 33.2. The number of piperidine rings is 1. The smallest absolute Gasteiger partial charge is 0.279 e. The van der Waals surface area contributed by atoms with Crippen LogP contribution in [-0.4, -0.2) is 69.1 Å². The summed E-state index contributed by atoms with van der Waals surface area (Å²) in [7, 11) is -3.39. The maximum absolute atomic E-state index is 12.3. The quantitative estimate of drug-likeness (QED) is 0.809.